The van der Waals surface area contributed by atoms with Crippen LogP contribution < -0.4 is 9.80 Å². The van der Waals surface area contributed by atoms with Gasteiger partial charge in [-0.25, -0.2) is 0 Å². The normalized spacial score (nSPS) is 10.8. The van der Waals surface area contributed by atoms with Gasteiger partial charge in [0.25, 0.3) is 0 Å². The highest BCUT2D eigenvalue weighted by Gasteiger charge is 2.15. The second-order valence-electron chi connectivity index (χ2n) is 10.4. The number of hydrogen-bond donors (Lipinski definition) is 0. The van der Waals surface area contributed by atoms with Crippen molar-refractivity contribution in [1.29, 1.82) is 0 Å². The molecule has 0 unspecified atom stereocenters. The van der Waals surface area contributed by atoms with Gasteiger partial charge in [0.15, 0.2) is 0 Å². The molecule has 0 amide bonds. The minimum Gasteiger partial charge on any atom is -0.310 e. The quantitative estimate of drug-likeness (QED) is 0.193. The molecule has 0 bridgehead atoms. The molecule has 0 spiro atoms. The SMILES string of the molecule is Cc1cc(N(c2ccccc2)c2ccccc2)ccc1Cc1ccc(N(c2ccccc2)c2ccccc2)cc1C. The van der Waals surface area contributed by atoms with Crippen molar-refractivity contribution in [2.24, 2.45) is 0 Å². The first kappa shape index (κ1) is 26.2. The van der Waals surface area contributed by atoms with Gasteiger partial charge in [0, 0.05) is 34.1 Å². The second-order valence-corrected chi connectivity index (χ2v) is 10.4. The average molecular weight is 531 g/mol. The van der Waals surface area contributed by atoms with Crippen LogP contribution in [0, 0.1) is 13.8 Å². The highest BCUT2D eigenvalue weighted by molar-refractivity contribution is 5.78. The van der Waals surface area contributed by atoms with Crippen molar-refractivity contribution in [3.05, 3.63) is 180 Å². The molecule has 6 aromatic rings. The van der Waals surface area contributed by atoms with Gasteiger partial charge in [-0.1, -0.05) is 84.9 Å². The van der Waals surface area contributed by atoms with Crippen molar-refractivity contribution in [3.8, 4) is 0 Å². The van der Waals surface area contributed by atoms with E-state index < -0.39 is 0 Å². The van der Waals surface area contributed by atoms with Gasteiger partial charge in [0.2, 0.25) is 0 Å². The maximum atomic E-state index is 2.32. The summed E-state index contributed by atoms with van der Waals surface area (Å²) < 4.78 is 0. The van der Waals surface area contributed by atoms with E-state index in [1.165, 1.54) is 22.3 Å². The fourth-order valence-corrected chi connectivity index (χ4v) is 5.44. The second kappa shape index (κ2) is 12.0. The summed E-state index contributed by atoms with van der Waals surface area (Å²) >= 11 is 0. The summed E-state index contributed by atoms with van der Waals surface area (Å²) in [5.74, 6) is 0. The predicted molar refractivity (Wildman–Crippen MR) is 175 cm³/mol. The molecule has 2 nitrogen and oxygen atoms in total. The molecule has 0 N–H and O–H groups in total. The van der Waals surface area contributed by atoms with E-state index in [0.29, 0.717) is 0 Å². The smallest absolute Gasteiger partial charge is 0.0464 e. The van der Waals surface area contributed by atoms with Gasteiger partial charge >= 0.3 is 0 Å². The summed E-state index contributed by atoms with van der Waals surface area (Å²) in [5.41, 5.74) is 12.2. The standard InChI is InChI=1S/C39H34N2/c1-30-27-38(40(34-15-7-3-8-16-34)35-17-9-4-10-18-35)25-23-32(30)29-33-24-26-39(28-31(33)2)41(36-19-11-5-12-20-36)37-21-13-6-14-22-37/h3-28H,29H2,1-2H3. The van der Waals surface area contributed by atoms with E-state index in [1.807, 2.05) is 0 Å². The first-order chi connectivity index (χ1) is 20.2. The predicted octanol–water partition coefficient (Wildman–Crippen LogP) is 10.8. The highest BCUT2D eigenvalue weighted by Crippen LogP contribution is 2.37. The lowest BCUT2D eigenvalue weighted by Gasteiger charge is -2.27. The third-order valence-electron chi connectivity index (χ3n) is 7.61. The van der Waals surface area contributed by atoms with Gasteiger partial charge in [0.05, 0.1) is 0 Å². The molecule has 0 atom stereocenters. The third-order valence-corrected chi connectivity index (χ3v) is 7.61. The van der Waals surface area contributed by atoms with Crippen molar-refractivity contribution in [2.75, 3.05) is 9.80 Å². The van der Waals surface area contributed by atoms with E-state index in [1.54, 1.807) is 0 Å². The van der Waals surface area contributed by atoms with Crippen LogP contribution in [0.3, 0.4) is 0 Å². The van der Waals surface area contributed by atoms with E-state index in [4.69, 9.17) is 0 Å². The summed E-state index contributed by atoms with van der Waals surface area (Å²) in [7, 11) is 0. The van der Waals surface area contributed by atoms with E-state index >= 15 is 0 Å². The van der Waals surface area contributed by atoms with Gasteiger partial charge in [-0.15, -0.1) is 0 Å². The van der Waals surface area contributed by atoms with Crippen LogP contribution in [0.2, 0.25) is 0 Å². The molecule has 0 radical (unpaired) electrons. The Morgan fingerprint density at radius 1 is 0.341 bits per heavy atom. The van der Waals surface area contributed by atoms with Crippen LogP contribution in [0.15, 0.2) is 158 Å². The molecular formula is C39H34N2. The van der Waals surface area contributed by atoms with Crippen LogP contribution in [-0.4, -0.2) is 0 Å². The molecule has 41 heavy (non-hydrogen) atoms. The maximum Gasteiger partial charge on any atom is 0.0464 e. The van der Waals surface area contributed by atoms with Crippen molar-refractivity contribution in [3.63, 3.8) is 0 Å². The zero-order valence-corrected chi connectivity index (χ0v) is 23.6. The molecule has 0 heterocycles. The van der Waals surface area contributed by atoms with Gasteiger partial charge in [-0.2, -0.15) is 0 Å². The number of aryl methyl sites for hydroxylation is 2. The summed E-state index contributed by atoms with van der Waals surface area (Å²) in [4.78, 5) is 4.64. The Hall–Kier alpha value is -5.08. The Balaban J connectivity index is 1.30. The van der Waals surface area contributed by atoms with Crippen molar-refractivity contribution in [2.45, 2.75) is 20.3 Å². The first-order valence-electron chi connectivity index (χ1n) is 14.2. The largest absolute Gasteiger partial charge is 0.310 e. The lowest BCUT2D eigenvalue weighted by atomic mass is 9.96. The number of benzene rings is 6. The van der Waals surface area contributed by atoms with E-state index in [9.17, 15) is 0 Å². The summed E-state index contributed by atoms with van der Waals surface area (Å²) in [6.07, 6.45) is 0.894. The van der Waals surface area contributed by atoms with Crippen molar-refractivity contribution < 1.29 is 0 Å². The molecule has 2 heteroatoms. The molecule has 0 saturated carbocycles. The number of para-hydroxylation sites is 4. The third kappa shape index (κ3) is 5.78. The number of anilines is 6. The van der Waals surface area contributed by atoms with Crippen LogP contribution in [0.25, 0.3) is 0 Å². The lowest BCUT2D eigenvalue weighted by molar-refractivity contribution is 1.12. The minimum atomic E-state index is 0.894. The molecule has 0 aliphatic heterocycles. The fourth-order valence-electron chi connectivity index (χ4n) is 5.44. The number of nitrogens with zero attached hydrogens (tertiary/aromatic N) is 2. The topological polar surface area (TPSA) is 6.48 Å². The molecule has 0 aliphatic rings. The zero-order valence-electron chi connectivity index (χ0n) is 23.6. The monoisotopic (exact) mass is 530 g/mol. The Bertz CT molecular complexity index is 1500. The van der Waals surface area contributed by atoms with Crippen LogP contribution in [-0.2, 0) is 6.42 Å². The minimum absolute atomic E-state index is 0.894. The van der Waals surface area contributed by atoms with E-state index in [0.717, 1.165) is 40.5 Å². The molecule has 0 saturated heterocycles. The van der Waals surface area contributed by atoms with E-state index in [2.05, 4.69) is 181 Å². The lowest BCUT2D eigenvalue weighted by Crippen LogP contribution is -2.11. The molecule has 6 aromatic carbocycles. The van der Waals surface area contributed by atoms with Gasteiger partial charge in [-0.3, -0.25) is 0 Å². The molecule has 6 rings (SSSR count). The molecular weight excluding hydrogens is 496 g/mol. The van der Waals surface area contributed by atoms with Crippen LogP contribution in [0.5, 0.6) is 0 Å². The first-order valence-corrected chi connectivity index (χ1v) is 14.2. The fraction of sp³-hybridized carbons (Fsp3) is 0.0769. The summed E-state index contributed by atoms with van der Waals surface area (Å²) in [6, 6.07) is 56.0. The van der Waals surface area contributed by atoms with Gasteiger partial charge < -0.3 is 9.80 Å². The molecule has 200 valence electrons. The van der Waals surface area contributed by atoms with Crippen LogP contribution in [0.4, 0.5) is 34.1 Å². The van der Waals surface area contributed by atoms with Crippen molar-refractivity contribution >= 4 is 34.1 Å². The van der Waals surface area contributed by atoms with Crippen molar-refractivity contribution in [1.82, 2.24) is 0 Å². The van der Waals surface area contributed by atoms with Crippen LogP contribution in [0.1, 0.15) is 22.3 Å². The highest BCUT2D eigenvalue weighted by atomic mass is 15.1. The Morgan fingerprint density at radius 2 is 0.634 bits per heavy atom. The summed E-state index contributed by atoms with van der Waals surface area (Å²) in [5, 5.41) is 0. The number of rotatable bonds is 8. The molecule has 0 aromatic heterocycles. The maximum absolute atomic E-state index is 2.32. The summed E-state index contributed by atoms with van der Waals surface area (Å²) in [6.45, 7) is 4.45. The Labute approximate surface area is 243 Å². The van der Waals surface area contributed by atoms with Gasteiger partial charge in [0.1, 0.15) is 0 Å². The van der Waals surface area contributed by atoms with E-state index in [-0.39, 0.29) is 0 Å². The van der Waals surface area contributed by atoms with Gasteiger partial charge in [-0.05, 0) is 115 Å². The zero-order chi connectivity index (χ0) is 28.0. The molecule has 0 aliphatic carbocycles. The van der Waals surface area contributed by atoms with Crippen LogP contribution >= 0.6 is 0 Å². The number of hydrogen-bond acceptors (Lipinski definition) is 2. The Kier molecular flexibility index (Phi) is 7.64. The molecule has 0 fully saturated rings. The Morgan fingerprint density at radius 3 is 0.902 bits per heavy atom. The average Bonchev–Trinajstić information content (AvgIpc) is 3.02.